The van der Waals surface area contributed by atoms with Gasteiger partial charge in [-0.1, -0.05) is 0 Å². The molecule has 0 bridgehead atoms. The van der Waals surface area contributed by atoms with E-state index in [4.69, 9.17) is 9.68 Å². The predicted octanol–water partition coefficient (Wildman–Crippen LogP) is 2.01. The van der Waals surface area contributed by atoms with Gasteiger partial charge in [0, 0.05) is 25.3 Å². The van der Waals surface area contributed by atoms with Crippen molar-refractivity contribution in [2.24, 2.45) is 0 Å². The molecule has 4 nitrogen and oxygen atoms in total. The molecule has 1 heterocycles. The Balaban J connectivity index is 2.77. The highest BCUT2D eigenvalue weighted by molar-refractivity contribution is 5.75. The molecule has 0 atom stereocenters. The third kappa shape index (κ3) is 4.64. The number of unbranched alkanes of at least 4 members (excludes halogenated alkanes) is 1. The first-order chi connectivity index (χ1) is 8.13. The summed E-state index contributed by atoms with van der Waals surface area (Å²) in [6, 6.07) is 5.12. The first-order valence-corrected chi connectivity index (χ1v) is 5.62. The lowest BCUT2D eigenvalue weighted by Crippen LogP contribution is -2.05. The van der Waals surface area contributed by atoms with Crippen LogP contribution < -0.4 is 5.63 Å². The van der Waals surface area contributed by atoms with E-state index in [-0.39, 0.29) is 11.4 Å². The van der Waals surface area contributed by atoms with Crippen molar-refractivity contribution in [3.63, 3.8) is 0 Å². The van der Waals surface area contributed by atoms with Gasteiger partial charge >= 0.3 is 5.63 Å². The number of Topliss-reactive ketones (excluding diaryl/α,β-unsaturated/α-hetero) is 1. The quantitative estimate of drug-likeness (QED) is 0.704. The van der Waals surface area contributed by atoms with Gasteiger partial charge in [0.2, 0.25) is 0 Å². The van der Waals surface area contributed by atoms with Crippen molar-refractivity contribution in [1.29, 1.82) is 5.26 Å². The highest BCUT2D eigenvalue weighted by Crippen LogP contribution is 2.12. The summed E-state index contributed by atoms with van der Waals surface area (Å²) in [5.74, 6) is 0.716. The molecule has 0 unspecified atom stereocenters. The second-order valence-corrected chi connectivity index (χ2v) is 3.92. The summed E-state index contributed by atoms with van der Waals surface area (Å²) >= 11 is 0. The average Bonchev–Trinajstić information content (AvgIpc) is 2.28. The molecule has 0 aliphatic carbocycles. The molecule has 0 saturated carbocycles. The van der Waals surface area contributed by atoms with Crippen LogP contribution in [0.2, 0.25) is 0 Å². The van der Waals surface area contributed by atoms with Crippen LogP contribution in [-0.4, -0.2) is 5.78 Å². The fourth-order valence-corrected chi connectivity index (χ4v) is 1.56. The van der Waals surface area contributed by atoms with E-state index < -0.39 is 0 Å². The van der Waals surface area contributed by atoms with Crippen molar-refractivity contribution in [3.05, 3.63) is 33.9 Å². The lowest BCUT2D eigenvalue weighted by atomic mass is 10.0. The number of carbonyl (C=O) groups excluding carboxylic acids is 1. The number of ketones is 1. The summed E-state index contributed by atoms with van der Waals surface area (Å²) in [6.45, 7) is 1.54. The molecule has 0 N–H and O–H groups in total. The Morgan fingerprint density at radius 2 is 2.18 bits per heavy atom. The van der Waals surface area contributed by atoms with Crippen LogP contribution in [0.5, 0.6) is 0 Å². The summed E-state index contributed by atoms with van der Waals surface area (Å²) in [5, 5.41) is 8.46. The van der Waals surface area contributed by atoms with Gasteiger partial charge in [-0.2, -0.15) is 5.26 Å². The van der Waals surface area contributed by atoms with E-state index in [0.717, 1.165) is 5.56 Å². The smallest absolute Gasteiger partial charge is 0.335 e. The van der Waals surface area contributed by atoms with Gasteiger partial charge in [-0.15, -0.1) is 0 Å². The number of hydrogen-bond donors (Lipinski definition) is 0. The predicted molar refractivity (Wildman–Crippen MR) is 62.5 cm³/mol. The van der Waals surface area contributed by atoms with Crippen LogP contribution in [0.25, 0.3) is 0 Å². The third-order valence-electron chi connectivity index (χ3n) is 2.44. The molecule has 0 aromatic carbocycles. The maximum Gasteiger partial charge on any atom is 0.335 e. The number of rotatable bonds is 6. The Morgan fingerprint density at radius 3 is 2.82 bits per heavy atom. The largest absolute Gasteiger partial charge is 0.428 e. The van der Waals surface area contributed by atoms with Crippen LogP contribution in [0.3, 0.4) is 0 Å². The SMILES string of the molecule is CC(=O)CCc1ccc(=O)oc1CCCC#N. The van der Waals surface area contributed by atoms with Crippen molar-refractivity contribution >= 4 is 5.78 Å². The van der Waals surface area contributed by atoms with Gasteiger partial charge in [-0.05, 0) is 31.4 Å². The second kappa shape index (κ2) is 6.64. The van der Waals surface area contributed by atoms with Gasteiger partial charge in [-0.3, -0.25) is 0 Å². The maximum atomic E-state index is 11.1. The molecule has 0 radical (unpaired) electrons. The zero-order valence-corrected chi connectivity index (χ0v) is 9.86. The maximum absolute atomic E-state index is 11.1. The molecule has 0 saturated heterocycles. The first kappa shape index (κ1) is 13.2. The number of aryl methyl sites for hydroxylation is 2. The van der Waals surface area contributed by atoms with Gasteiger partial charge in [-0.25, -0.2) is 4.79 Å². The lowest BCUT2D eigenvalue weighted by Gasteiger charge is -2.05. The minimum atomic E-state index is -0.386. The molecular formula is C13H15NO3. The summed E-state index contributed by atoms with van der Waals surface area (Å²) in [7, 11) is 0. The van der Waals surface area contributed by atoms with E-state index in [1.54, 1.807) is 6.07 Å². The fraction of sp³-hybridized carbons (Fsp3) is 0.462. The minimum absolute atomic E-state index is 0.110. The van der Waals surface area contributed by atoms with Crippen LogP contribution in [0, 0.1) is 11.3 Å². The molecule has 0 aliphatic heterocycles. The molecule has 0 spiro atoms. The Labute approximate surface area is 99.9 Å². The van der Waals surface area contributed by atoms with Crippen LogP contribution in [0.1, 0.15) is 37.5 Å². The molecule has 90 valence electrons. The Bertz CT molecular complexity index is 482. The second-order valence-electron chi connectivity index (χ2n) is 3.92. The van der Waals surface area contributed by atoms with E-state index in [9.17, 15) is 9.59 Å². The molecule has 1 aromatic rings. The molecule has 1 aromatic heterocycles. The molecule has 0 amide bonds. The summed E-state index contributed by atoms with van der Waals surface area (Å²) in [5.41, 5.74) is 0.501. The summed E-state index contributed by atoms with van der Waals surface area (Å²) in [4.78, 5) is 22.0. The van der Waals surface area contributed by atoms with Crippen LogP contribution in [0.4, 0.5) is 0 Å². The topological polar surface area (TPSA) is 71.1 Å². The van der Waals surface area contributed by atoms with E-state index in [1.807, 2.05) is 6.07 Å². The molecule has 1 rings (SSSR count). The zero-order chi connectivity index (χ0) is 12.7. The van der Waals surface area contributed by atoms with Gasteiger partial charge in [0.15, 0.2) is 0 Å². The first-order valence-electron chi connectivity index (χ1n) is 5.62. The highest BCUT2D eigenvalue weighted by atomic mass is 16.4. The minimum Gasteiger partial charge on any atom is -0.428 e. The molecule has 0 fully saturated rings. The monoisotopic (exact) mass is 233 g/mol. The molecule has 0 aliphatic rings. The Kier molecular flexibility index (Phi) is 5.15. The zero-order valence-electron chi connectivity index (χ0n) is 9.86. The number of nitriles is 1. The summed E-state index contributed by atoms with van der Waals surface area (Å²) < 4.78 is 5.11. The van der Waals surface area contributed by atoms with Crippen molar-refractivity contribution in [2.75, 3.05) is 0 Å². The van der Waals surface area contributed by atoms with Crippen molar-refractivity contribution in [2.45, 2.75) is 39.0 Å². The number of hydrogen-bond acceptors (Lipinski definition) is 4. The van der Waals surface area contributed by atoms with Crippen LogP contribution in [0.15, 0.2) is 21.3 Å². The summed E-state index contributed by atoms with van der Waals surface area (Å²) in [6.07, 6.45) is 2.69. The van der Waals surface area contributed by atoms with Crippen LogP contribution in [-0.2, 0) is 17.6 Å². The third-order valence-corrected chi connectivity index (χ3v) is 2.44. The van der Waals surface area contributed by atoms with E-state index in [1.165, 1.54) is 13.0 Å². The van der Waals surface area contributed by atoms with E-state index in [2.05, 4.69) is 0 Å². The van der Waals surface area contributed by atoms with E-state index >= 15 is 0 Å². The fourth-order valence-electron chi connectivity index (χ4n) is 1.56. The van der Waals surface area contributed by atoms with Crippen LogP contribution >= 0.6 is 0 Å². The normalized spacial score (nSPS) is 9.88. The number of carbonyl (C=O) groups is 1. The Morgan fingerprint density at radius 1 is 1.41 bits per heavy atom. The van der Waals surface area contributed by atoms with Crippen molar-refractivity contribution < 1.29 is 9.21 Å². The number of nitrogens with zero attached hydrogens (tertiary/aromatic N) is 1. The van der Waals surface area contributed by atoms with Gasteiger partial charge in [0.05, 0.1) is 6.07 Å². The lowest BCUT2D eigenvalue weighted by molar-refractivity contribution is -0.116. The standard InChI is InChI=1S/C13H15NO3/c1-10(15)5-6-11-7-8-13(16)17-12(11)4-2-3-9-14/h7-8H,2-6H2,1H3. The van der Waals surface area contributed by atoms with Gasteiger partial charge in [0.1, 0.15) is 11.5 Å². The molecule has 17 heavy (non-hydrogen) atoms. The van der Waals surface area contributed by atoms with E-state index in [0.29, 0.717) is 37.9 Å². The van der Waals surface area contributed by atoms with Crippen molar-refractivity contribution in [1.82, 2.24) is 0 Å². The van der Waals surface area contributed by atoms with Gasteiger partial charge in [0.25, 0.3) is 0 Å². The molecule has 4 heteroatoms. The van der Waals surface area contributed by atoms with Gasteiger partial charge < -0.3 is 9.21 Å². The highest BCUT2D eigenvalue weighted by Gasteiger charge is 2.07. The average molecular weight is 233 g/mol. The Hall–Kier alpha value is -1.89. The molecular weight excluding hydrogens is 218 g/mol. The van der Waals surface area contributed by atoms with Crippen molar-refractivity contribution in [3.8, 4) is 6.07 Å².